The molecule has 11 aliphatic rings. The van der Waals surface area contributed by atoms with Gasteiger partial charge in [0, 0.05) is 45.9 Å². The predicted octanol–water partition coefficient (Wildman–Crippen LogP) is 13.5. The summed E-state index contributed by atoms with van der Waals surface area (Å²) in [5.41, 5.74) is 13.5. The molecule has 1 saturated heterocycles. The zero-order chi connectivity index (χ0) is 39.2. The molecule has 4 heteroatoms. The van der Waals surface area contributed by atoms with E-state index in [0.717, 1.165) is 23.7 Å². The van der Waals surface area contributed by atoms with E-state index in [-0.39, 0.29) is 17.1 Å². The quantitative estimate of drug-likeness (QED) is 0.260. The van der Waals surface area contributed by atoms with Gasteiger partial charge in [0.1, 0.15) is 11.9 Å². The second-order valence-electron chi connectivity index (χ2n) is 24.0. The molecule has 11 rings (SSSR count). The smallest absolute Gasteiger partial charge is 0.215 e. The van der Waals surface area contributed by atoms with Crippen LogP contribution in [-0.2, 0) is 4.74 Å². The van der Waals surface area contributed by atoms with Crippen molar-refractivity contribution in [1.29, 1.82) is 0 Å². The minimum absolute atomic E-state index is 0.168. The van der Waals surface area contributed by atoms with E-state index in [9.17, 15) is 0 Å². The molecule has 0 aromatic carbocycles. The summed E-state index contributed by atoms with van der Waals surface area (Å²) in [6.45, 7) is 21.3. The monoisotopic (exact) mass is 767 g/mol. The van der Waals surface area contributed by atoms with Crippen LogP contribution in [0, 0.1) is 45.8 Å². The van der Waals surface area contributed by atoms with Gasteiger partial charge in [-0.1, -0.05) is 134 Å². The van der Waals surface area contributed by atoms with Crippen LogP contribution in [0.3, 0.4) is 0 Å². The maximum Gasteiger partial charge on any atom is 0.215 e. The van der Waals surface area contributed by atoms with Gasteiger partial charge in [-0.2, -0.15) is 0 Å². The summed E-state index contributed by atoms with van der Waals surface area (Å²) in [6.07, 6.45) is 39.5. The highest BCUT2D eigenvalue weighted by Crippen LogP contribution is 2.71. The van der Waals surface area contributed by atoms with E-state index in [1.807, 2.05) is 16.6 Å². The number of ether oxygens (including phenoxy) is 1. The SMILES string of the molecule is CC(C)(C)C1=CC=C2C(C1)B1C3=C4C(CC(C(C)(C)C)C3)C3(CCCCC3)C(C)(C)N4C3CC(C4CCCCC4)CC(=C13)N2C1CCCC2=C1OC1C=CC=CC21. The summed E-state index contributed by atoms with van der Waals surface area (Å²) in [5.74, 6) is 5.41. The number of allylic oxidation sites excluding steroid dienone is 9. The minimum atomic E-state index is 0.168. The highest BCUT2D eigenvalue weighted by atomic mass is 16.5. The lowest BCUT2D eigenvalue weighted by Crippen LogP contribution is -2.62. The Labute approximate surface area is 347 Å². The Kier molecular flexibility index (Phi) is 8.63. The Balaban J connectivity index is 1.16. The number of nitrogens with zero attached hydrogens (tertiary/aromatic N) is 2. The van der Waals surface area contributed by atoms with Crippen molar-refractivity contribution in [2.45, 2.75) is 201 Å². The van der Waals surface area contributed by atoms with Crippen LogP contribution < -0.4 is 0 Å². The molecule has 0 bridgehead atoms. The molecule has 0 amide bonds. The van der Waals surface area contributed by atoms with Crippen molar-refractivity contribution in [1.82, 2.24) is 9.80 Å². The van der Waals surface area contributed by atoms with Crippen molar-refractivity contribution in [3.05, 3.63) is 81.4 Å². The normalized spacial score (nSPS) is 38.1. The molecule has 2 saturated carbocycles. The van der Waals surface area contributed by atoms with Gasteiger partial charge in [-0.3, -0.25) is 0 Å². The van der Waals surface area contributed by atoms with Gasteiger partial charge < -0.3 is 14.5 Å². The van der Waals surface area contributed by atoms with Gasteiger partial charge in [-0.25, -0.2) is 0 Å². The van der Waals surface area contributed by atoms with Crippen molar-refractivity contribution < 1.29 is 4.74 Å². The number of hydrogen-bond acceptors (Lipinski definition) is 3. The topological polar surface area (TPSA) is 15.7 Å². The predicted molar refractivity (Wildman–Crippen MR) is 237 cm³/mol. The summed E-state index contributed by atoms with van der Waals surface area (Å²) in [4.78, 5) is 6.34. The second-order valence-corrected chi connectivity index (χ2v) is 24.0. The summed E-state index contributed by atoms with van der Waals surface area (Å²) in [6, 6.07) is 0.860. The summed E-state index contributed by atoms with van der Waals surface area (Å²) in [5, 5.41) is 0. The maximum absolute atomic E-state index is 7.22. The van der Waals surface area contributed by atoms with Gasteiger partial charge in [0.05, 0.1) is 6.04 Å². The van der Waals surface area contributed by atoms with Crippen molar-refractivity contribution >= 4 is 6.71 Å². The molecule has 4 heterocycles. The van der Waals surface area contributed by atoms with Crippen molar-refractivity contribution in [2.75, 3.05) is 0 Å². The fourth-order valence-electron chi connectivity index (χ4n) is 16.2. The molecule has 8 atom stereocenters. The molecule has 306 valence electrons. The Morgan fingerprint density at radius 3 is 2.28 bits per heavy atom. The van der Waals surface area contributed by atoms with Gasteiger partial charge in [-0.05, 0) is 130 Å². The fourth-order valence-corrected chi connectivity index (χ4v) is 16.2. The molecule has 0 N–H and O–H groups in total. The van der Waals surface area contributed by atoms with Crippen LogP contribution in [0.2, 0.25) is 5.82 Å². The molecule has 4 aliphatic heterocycles. The maximum atomic E-state index is 7.22. The van der Waals surface area contributed by atoms with Crippen LogP contribution in [0.5, 0.6) is 0 Å². The highest BCUT2D eigenvalue weighted by Gasteiger charge is 2.69. The van der Waals surface area contributed by atoms with Crippen LogP contribution in [0.25, 0.3) is 0 Å². The van der Waals surface area contributed by atoms with E-state index in [1.165, 1.54) is 121 Å². The fraction of sp³-hybridized carbons (Fsp3) is 0.736. The van der Waals surface area contributed by atoms with E-state index >= 15 is 0 Å². The number of rotatable bonds is 2. The van der Waals surface area contributed by atoms with Gasteiger partial charge in [0.2, 0.25) is 6.71 Å². The first-order chi connectivity index (χ1) is 27.3. The third-order valence-electron chi connectivity index (χ3n) is 19.2. The molecule has 3 nitrogen and oxygen atoms in total. The average Bonchev–Trinajstić information content (AvgIpc) is 3.66. The van der Waals surface area contributed by atoms with E-state index in [2.05, 4.69) is 102 Å². The van der Waals surface area contributed by atoms with Crippen LogP contribution in [-0.4, -0.2) is 40.2 Å². The molecule has 8 unspecified atom stereocenters. The summed E-state index contributed by atoms with van der Waals surface area (Å²) >= 11 is 0. The lowest BCUT2D eigenvalue weighted by molar-refractivity contribution is -0.00761. The van der Waals surface area contributed by atoms with E-state index in [0.29, 0.717) is 41.4 Å². The molecule has 3 fully saturated rings. The molecular formula is C53H75BN2O. The third-order valence-corrected chi connectivity index (χ3v) is 19.2. The van der Waals surface area contributed by atoms with E-state index in [1.54, 1.807) is 22.5 Å². The van der Waals surface area contributed by atoms with E-state index < -0.39 is 0 Å². The zero-order valence-electron chi connectivity index (χ0n) is 37.3. The Bertz CT molecular complexity index is 1910. The van der Waals surface area contributed by atoms with Gasteiger partial charge in [0.15, 0.2) is 0 Å². The molecule has 1 spiro atoms. The lowest BCUT2D eigenvalue weighted by atomic mass is 9.25. The molecular weight excluding hydrogens is 691 g/mol. The second kappa shape index (κ2) is 13.1. The molecule has 0 aromatic heterocycles. The van der Waals surface area contributed by atoms with Crippen molar-refractivity contribution in [3.8, 4) is 0 Å². The molecule has 7 aliphatic carbocycles. The lowest BCUT2D eigenvalue weighted by Gasteiger charge is -2.61. The largest absolute Gasteiger partial charge is 0.488 e. The minimum Gasteiger partial charge on any atom is -0.488 e. The van der Waals surface area contributed by atoms with Gasteiger partial charge in [-0.15, -0.1) is 0 Å². The third kappa shape index (κ3) is 5.41. The van der Waals surface area contributed by atoms with Crippen molar-refractivity contribution in [2.24, 2.45) is 45.8 Å². The Morgan fingerprint density at radius 2 is 1.53 bits per heavy atom. The first-order valence-corrected chi connectivity index (χ1v) is 24.5. The summed E-state index contributed by atoms with van der Waals surface area (Å²) in [7, 11) is 0. The summed E-state index contributed by atoms with van der Waals surface area (Å²) < 4.78 is 7.22. The first kappa shape index (κ1) is 37.6. The van der Waals surface area contributed by atoms with Gasteiger partial charge in [0.25, 0.3) is 0 Å². The highest BCUT2D eigenvalue weighted by molar-refractivity contribution is 6.77. The van der Waals surface area contributed by atoms with Crippen LogP contribution >= 0.6 is 0 Å². The first-order valence-electron chi connectivity index (χ1n) is 24.5. The zero-order valence-corrected chi connectivity index (χ0v) is 37.3. The average molecular weight is 767 g/mol. The van der Waals surface area contributed by atoms with E-state index in [4.69, 9.17) is 4.74 Å². The van der Waals surface area contributed by atoms with Crippen LogP contribution in [0.4, 0.5) is 0 Å². The number of hydrogen-bond donors (Lipinski definition) is 0. The van der Waals surface area contributed by atoms with Crippen LogP contribution in [0.15, 0.2) is 81.4 Å². The molecule has 57 heavy (non-hydrogen) atoms. The van der Waals surface area contributed by atoms with Crippen molar-refractivity contribution in [3.63, 3.8) is 0 Å². The molecule has 0 aromatic rings. The van der Waals surface area contributed by atoms with Crippen LogP contribution in [0.1, 0.15) is 171 Å². The Morgan fingerprint density at radius 1 is 0.772 bits per heavy atom. The standard InChI is InChI=1S/C53H75BN2O/c1-50(2,3)35-24-25-42-40(31-35)54-41-32-36(51(4,5)6)30-39-48(41)56(52(7,8)53(39)26-15-10-16-27-53)45-29-34(33-18-11-9-12-19-33)28-44(47(45)54)55(42)43-22-17-21-38-37-20-13-14-23-46(37)57-49(38)43/h13-14,20,23-25,33-34,36-37,39-40,43,45-46H,9-12,15-19,21-22,26-32H2,1-8H3. The number of fused-ring (bicyclic) bond motifs is 7. The molecule has 0 radical (unpaired) electrons. The Hall–Kier alpha value is -2.36. The van der Waals surface area contributed by atoms with Gasteiger partial charge >= 0.3 is 0 Å².